The van der Waals surface area contributed by atoms with E-state index < -0.39 is 0 Å². The Morgan fingerprint density at radius 1 is 0.742 bits per heavy atom. The van der Waals surface area contributed by atoms with Crippen molar-refractivity contribution in [3.63, 3.8) is 0 Å². The van der Waals surface area contributed by atoms with Gasteiger partial charge in [-0.25, -0.2) is 0 Å². The number of allylic oxidation sites excluding steroid dienone is 2. The first-order valence-corrected chi connectivity index (χ1v) is 13.7. The van der Waals surface area contributed by atoms with E-state index in [2.05, 4.69) is 60.6 Å². The summed E-state index contributed by atoms with van der Waals surface area (Å²) in [5.41, 5.74) is 2.71. The molecule has 2 bridgehead atoms. The number of rotatable bonds is 0. The lowest BCUT2D eigenvalue weighted by Crippen LogP contribution is -2.66. The molecule has 5 fully saturated rings. The highest BCUT2D eigenvalue weighted by Gasteiger charge is 2.72. The molecule has 0 spiro atoms. The molecule has 0 aromatic rings. The lowest BCUT2D eigenvalue weighted by atomic mass is 9.32. The molecule has 6 rings (SSSR count). The molecule has 1 saturated heterocycles. The maximum Gasteiger partial charge on any atom is 0.0663 e. The van der Waals surface area contributed by atoms with Crippen molar-refractivity contribution < 1.29 is 4.74 Å². The van der Waals surface area contributed by atoms with E-state index in [9.17, 15) is 0 Å². The van der Waals surface area contributed by atoms with Crippen molar-refractivity contribution in [2.24, 2.45) is 56.2 Å². The normalized spacial score (nSPS) is 58.6. The van der Waals surface area contributed by atoms with Gasteiger partial charge in [-0.05, 0) is 114 Å². The summed E-state index contributed by atoms with van der Waals surface area (Å²) in [5.74, 6) is 3.43. The van der Waals surface area contributed by atoms with Crippen LogP contribution >= 0.6 is 0 Å². The molecule has 0 aromatic carbocycles. The van der Waals surface area contributed by atoms with Gasteiger partial charge in [-0.1, -0.05) is 60.6 Å². The van der Waals surface area contributed by atoms with Crippen LogP contribution in [-0.4, -0.2) is 12.7 Å². The van der Waals surface area contributed by atoms with Crippen molar-refractivity contribution in [1.82, 2.24) is 0 Å². The molecule has 31 heavy (non-hydrogen) atoms. The number of fused-ring (bicyclic) bond motifs is 5. The van der Waals surface area contributed by atoms with Crippen molar-refractivity contribution in [2.45, 2.75) is 112 Å². The van der Waals surface area contributed by atoms with Crippen LogP contribution in [0.4, 0.5) is 0 Å². The molecule has 0 N–H and O–H groups in total. The van der Waals surface area contributed by atoms with Gasteiger partial charge >= 0.3 is 0 Å². The molecule has 5 aliphatic carbocycles. The van der Waals surface area contributed by atoms with E-state index in [0.29, 0.717) is 38.6 Å². The minimum atomic E-state index is 0.364. The van der Waals surface area contributed by atoms with Gasteiger partial charge in [0, 0.05) is 0 Å². The maximum atomic E-state index is 6.72. The van der Waals surface area contributed by atoms with Crippen LogP contribution < -0.4 is 0 Å². The zero-order valence-electron chi connectivity index (χ0n) is 21.5. The van der Waals surface area contributed by atoms with Gasteiger partial charge in [0.2, 0.25) is 0 Å². The molecule has 9 atom stereocenters. The van der Waals surface area contributed by atoms with Crippen LogP contribution in [0.2, 0.25) is 0 Å². The van der Waals surface area contributed by atoms with Crippen LogP contribution in [0.15, 0.2) is 12.2 Å². The minimum absolute atomic E-state index is 0.364. The Morgan fingerprint density at radius 3 is 2.26 bits per heavy atom. The van der Waals surface area contributed by atoms with E-state index in [0.717, 1.165) is 30.3 Å². The van der Waals surface area contributed by atoms with Crippen LogP contribution in [0.3, 0.4) is 0 Å². The second kappa shape index (κ2) is 6.03. The average Bonchev–Trinajstić information content (AvgIpc) is 3.01. The van der Waals surface area contributed by atoms with Crippen LogP contribution in [0, 0.1) is 56.2 Å². The first kappa shape index (κ1) is 21.2. The predicted octanol–water partition coefficient (Wildman–Crippen LogP) is 8.04. The van der Waals surface area contributed by atoms with Crippen molar-refractivity contribution >= 4 is 0 Å². The highest BCUT2D eigenvalue weighted by molar-refractivity contribution is 5.22. The summed E-state index contributed by atoms with van der Waals surface area (Å²) in [4.78, 5) is 0. The molecule has 6 aliphatic rings. The highest BCUT2D eigenvalue weighted by atomic mass is 16.5. The Labute approximate surface area is 192 Å². The second-order valence-corrected chi connectivity index (χ2v) is 15.2. The summed E-state index contributed by atoms with van der Waals surface area (Å²) in [6.07, 6.45) is 18.4. The Kier molecular flexibility index (Phi) is 4.13. The fraction of sp³-hybridized carbons (Fsp3) is 0.933. The third-order valence-corrected chi connectivity index (χ3v) is 13.4. The maximum absolute atomic E-state index is 6.72. The molecule has 1 heteroatoms. The van der Waals surface area contributed by atoms with Gasteiger partial charge in [0.15, 0.2) is 0 Å². The molecule has 1 heterocycles. The molecule has 1 nitrogen and oxygen atoms in total. The van der Waals surface area contributed by atoms with Crippen molar-refractivity contribution in [3.05, 3.63) is 12.2 Å². The van der Waals surface area contributed by atoms with Gasteiger partial charge in [-0.3, -0.25) is 0 Å². The first-order chi connectivity index (χ1) is 14.4. The molecule has 0 amide bonds. The summed E-state index contributed by atoms with van der Waals surface area (Å²) >= 11 is 0. The molecule has 0 radical (unpaired) electrons. The monoisotopic (exact) mass is 424 g/mol. The molecular weight excluding hydrogens is 376 g/mol. The van der Waals surface area contributed by atoms with E-state index >= 15 is 0 Å². The minimum Gasteiger partial charge on any atom is -0.377 e. The number of hydrogen-bond donors (Lipinski definition) is 0. The molecule has 0 aromatic heterocycles. The smallest absolute Gasteiger partial charge is 0.0663 e. The van der Waals surface area contributed by atoms with Crippen LogP contribution in [-0.2, 0) is 4.74 Å². The van der Waals surface area contributed by atoms with Crippen molar-refractivity contribution in [3.8, 4) is 0 Å². The van der Waals surface area contributed by atoms with Gasteiger partial charge in [0.05, 0.1) is 12.7 Å². The molecule has 9 unspecified atom stereocenters. The highest BCUT2D eigenvalue weighted by Crippen LogP contribution is 2.77. The Hall–Kier alpha value is -0.300. The van der Waals surface area contributed by atoms with E-state index in [1.54, 1.807) is 0 Å². The zero-order valence-corrected chi connectivity index (χ0v) is 21.5. The van der Waals surface area contributed by atoms with E-state index in [1.165, 1.54) is 57.8 Å². The third-order valence-electron chi connectivity index (χ3n) is 13.4. The number of ether oxygens (including phenoxy) is 1. The summed E-state index contributed by atoms with van der Waals surface area (Å²) < 4.78 is 6.72. The van der Waals surface area contributed by atoms with E-state index in [4.69, 9.17) is 4.74 Å². The summed E-state index contributed by atoms with van der Waals surface area (Å²) in [7, 11) is 0. The standard InChI is InChI=1S/C30H48O/c1-25(2)12-8-13-27(5)21(25)11-14-29(7)22(27)10-9-20-23-24-26(3,4)15-17-30(23,19-31-24)18-16-28(20,29)6/h8,12,20-24H,9-11,13-19H2,1-7H3. The predicted molar refractivity (Wildman–Crippen MR) is 129 cm³/mol. The molecule has 174 valence electrons. The van der Waals surface area contributed by atoms with Crippen LogP contribution in [0.25, 0.3) is 0 Å². The van der Waals surface area contributed by atoms with Gasteiger partial charge in [0.1, 0.15) is 0 Å². The second-order valence-electron chi connectivity index (χ2n) is 15.2. The van der Waals surface area contributed by atoms with Crippen LogP contribution in [0.1, 0.15) is 106 Å². The SMILES string of the molecule is CC1(C)C=CCC2(C)C1CCC1(C)C2CCC2C3C4OCC3(CCC4(C)C)CCC21C. The van der Waals surface area contributed by atoms with Crippen molar-refractivity contribution in [1.29, 1.82) is 0 Å². The van der Waals surface area contributed by atoms with E-state index in [-0.39, 0.29) is 0 Å². The quantitative estimate of drug-likeness (QED) is 0.357. The first-order valence-electron chi connectivity index (χ1n) is 13.7. The molecule has 1 aliphatic heterocycles. The largest absolute Gasteiger partial charge is 0.377 e. The van der Waals surface area contributed by atoms with Crippen LogP contribution in [0.5, 0.6) is 0 Å². The summed E-state index contributed by atoms with van der Waals surface area (Å²) in [6.45, 7) is 19.4. The Balaban J connectivity index is 1.41. The van der Waals surface area contributed by atoms with Crippen molar-refractivity contribution in [2.75, 3.05) is 6.61 Å². The molecular formula is C30H48O. The Morgan fingerprint density at radius 2 is 1.48 bits per heavy atom. The average molecular weight is 425 g/mol. The topological polar surface area (TPSA) is 9.23 Å². The number of hydrogen-bond acceptors (Lipinski definition) is 1. The summed E-state index contributed by atoms with van der Waals surface area (Å²) in [6, 6.07) is 0. The fourth-order valence-electron chi connectivity index (χ4n) is 11.6. The van der Waals surface area contributed by atoms with E-state index in [1.807, 2.05) is 0 Å². The zero-order chi connectivity index (χ0) is 22.1. The van der Waals surface area contributed by atoms with Gasteiger partial charge in [-0.15, -0.1) is 0 Å². The lowest BCUT2D eigenvalue weighted by molar-refractivity contribution is -0.233. The van der Waals surface area contributed by atoms with Gasteiger partial charge in [-0.2, -0.15) is 0 Å². The Bertz CT molecular complexity index is 807. The fourth-order valence-corrected chi connectivity index (χ4v) is 11.6. The van der Waals surface area contributed by atoms with Gasteiger partial charge < -0.3 is 4.74 Å². The lowest BCUT2D eigenvalue weighted by Gasteiger charge is -2.72. The van der Waals surface area contributed by atoms with Gasteiger partial charge in [0.25, 0.3) is 0 Å². The summed E-state index contributed by atoms with van der Waals surface area (Å²) in [5, 5.41) is 0. The molecule has 4 saturated carbocycles. The third kappa shape index (κ3) is 2.39.